The molecule has 1 saturated heterocycles. The topological polar surface area (TPSA) is 26.7 Å². The number of aromatic nitrogens is 3. The maximum absolute atomic E-state index is 4.98. The Hall–Kier alpha value is -2.59. The highest BCUT2D eigenvalue weighted by atomic mass is 15.2. The van der Waals surface area contributed by atoms with Gasteiger partial charge in [0, 0.05) is 6.20 Å². The van der Waals surface area contributed by atoms with Gasteiger partial charge in [0.05, 0.1) is 42.9 Å². The molecule has 0 unspecified atom stereocenters. The van der Waals surface area contributed by atoms with E-state index in [4.69, 9.17) is 4.98 Å². The molecular formula is C24H29N4+. The molecule has 1 aliphatic heterocycles. The van der Waals surface area contributed by atoms with Crippen molar-refractivity contribution in [3.05, 3.63) is 60.3 Å². The minimum Gasteiger partial charge on any atom is -0.333 e. The van der Waals surface area contributed by atoms with Gasteiger partial charge in [-0.15, -0.1) is 0 Å². The quantitative estimate of drug-likeness (QED) is 0.569. The Morgan fingerprint density at radius 1 is 0.964 bits per heavy atom. The Kier molecular flexibility index (Phi) is 4.65. The fraction of sp³-hybridized carbons (Fsp3) is 0.375. The molecule has 4 heteroatoms. The molecule has 144 valence electrons. The highest BCUT2D eigenvalue weighted by molar-refractivity contribution is 5.81. The van der Waals surface area contributed by atoms with Gasteiger partial charge in [0.25, 0.3) is 0 Å². The fourth-order valence-corrected chi connectivity index (χ4v) is 4.58. The number of imidazole rings is 2. The lowest BCUT2D eigenvalue weighted by atomic mass is 10.1. The van der Waals surface area contributed by atoms with Gasteiger partial charge in [0.1, 0.15) is 0 Å². The van der Waals surface area contributed by atoms with Crippen LogP contribution in [0.25, 0.3) is 28.1 Å². The maximum atomic E-state index is 4.98. The molecule has 2 aromatic carbocycles. The van der Waals surface area contributed by atoms with E-state index in [2.05, 4.69) is 70.6 Å². The Morgan fingerprint density at radius 2 is 1.75 bits per heavy atom. The molecule has 5 rings (SSSR count). The predicted octanol–water partition coefficient (Wildman–Crippen LogP) is 3.59. The predicted molar refractivity (Wildman–Crippen MR) is 115 cm³/mol. The number of quaternary nitrogens is 1. The van der Waals surface area contributed by atoms with Crippen LogP contribution in [0.3, 0.4) is 0 Å². The highest BCUT2D eigenvalue weighted by Crippen LogP contribution is 2.26. The van der Waals surface area contributed by atoms with Crippen molar-refractivity contribution in [1.29, 1.82) is 0 Å². The van der Waals surface area contributed by atoms with Crippen molar-refractivity contribution in [2.75, 3.05) is 19.6 Å². The van der Waals surface area contributed by atoms with Gasteiger partial charge in [-0.1, -0.05) is 43.3 Å². The monoisotopic (exact) mass is 373 g/mol. The molecule has 28 heavy (non-hydrogen) atoms. The molecule has 3 heterocycles. The maximum Gasteiger partial charge on any atom is 0.215 e. The van der Waals surface area contributed by atoms with Crippen LogP contribution < -0.4 is 4.90 Å². The van der Waals surface area contributed by atoms with E-state index in [1.54, 1.807) is 4.90 Å². The van der Waals surface area contributed by atoms with Crippen LogP contribution in [0.1, 0.15) is 31.7 Å². The number of hydrogen-bond donors (Lipinski definition) is 1. The number of piperidine rings is 1. The number of nitrogens with one attached hydrogen (secondary N) is 1. The molecule has 0 radical (unpaired) electrons. The highest BCUT2D eigenvalue weighted by Gasteiger charge is 2.18. The van der Waals surface area contributed by atoms with Crippen molar-refractivity contribution >= 4 is 16.8 Å². The zero-order chi connectivity index (χ0) is 18.9. The van der Waals surface area contributed by atoms with Gasteiger partial charge in [-0.3, -0.25) is 4.40 Å². The number of nitrogens with zero attached hydrogens (tertiary/aromatic N) is 3. The SMILES string of the molecule is CCc1ccc(-c2cn3c4ccccc4nc3n2CC[NH+]2CCCCC2)cc1. The van der Waals surface area contributed by atoms with E-state index < -0.39 is 0 Å². The summed E-state index contributed by atoms with van der Waals surface area (Å²) in [5.41, 5.74) is 6.19. The minimum atomic E-state index is 1.01. The zero-order valence-corrected chi connectivity index (χ0v) is 16.7. The third-order valence-corrected chi connectivity index (χ3v) is 6.27. The first-order valence-electron chi connectivity index (χ1n) is 10.7. The van der Waals surface area contributed by atoms with E-state index in [9.17, 15) is 0 Å². The van der Waals surface area contributed by atoms with Crippen molar-refractivity contribution in [1.82, 2.24) is 14.0 Å². The molecule has 4 aromatic rings. The van der Waals surface area contributed by atoms with Crippen LogP contribution in [0.2, 0.25) is 0 Å². The van der Waals surface area contributed by atoms with Crippen molar-refractivity contribution in [2.24, 2.45) is 0 Å². The molecule has 0 atom stereocenters. The fourth-order valence-electron chi connectivity index (χ4n) is 4.58. The Balaban J connectivity index is 1.58. The first-order chi connectivity index (χ1) is 13.8. The summed E-state index contributed by atoms with van der Waals surface area (Å²) in [6, 6.07) is 17.5. The normalized spacial score (nSPS) is 15.6. The van der Waals surface area contributed by atoms with Gasteiger partial charge in [0.15, 0.2) is 0 Å². The van der Waals surface area contributed by atoms with Crippen LogP contribution in [0.5, 0.6) is 0 Å². The number of hydrogen-bond acceptors (Lipinski definition) is 1. The summed E-state index contributed by atoms with van der Waals surface area (Å²) < 4.78 is 4.70. The van der Waals surface area contributed by atoms with Crippen LogP contribution in [-0.4, -0.2) is 33.6 Å². The molecular weight excluding hydrogens is 344 g/mol. The lowest BCUT2D eigenvalue weighted by Crippen LogP contribution is -3.13. The van der Waals surface area contributed by atoms with Gasteiger partial charge in [-0.05, 0) is 48.9 Å². The van der Waals surface area contributed by atoms with Crippen LogP contribution in [0.15, 0.2) is 54.7 Å². The second-order valence-electron chi connectivity index (χ2n) is 8.05. The van der Waals surface area contributed by atoms with Gasteiger partial charge in [-0.2, -0.15) is 0 Å². The standard InChI is InChI=1S/C24H28N4/c1-2-19-10-12-20(13-11-19)23-18-28-22-9-5-4-8-21(22)25-24(28)27(23)17-16-26-14-6-3-7-15-26/h4-5,8-13,18H,2-3,6-7,14-17H2,1H3/p+1. The second kappa shape index (κ2) is 7.44. The molecule has 0 spiro atoms. The molecule has 2 aromatic heterocycles. The van der Waals surface area contributed by atoms with Crippen LogP contribution in [0.4, 0.5) is 0 Å². The largest absolute Gasteiger partial charge is 0.333 e. The molecule has 4 nitrogen and oxygen atoms in total. The summed E-state index contributed by atoms with van der Waals surface area (Å²) in [4.78, 5) is 6.71. The van der Waals surface area contributed by atoms with Crippen LogP contribution in [0, 0.1) is 0 Å². The lowest BCUT2D eigenvalue weighted by Gasteiger charge is -2.24. The molecule has 0 amide bonds. The average Bonchev–Trinajstić information content (AvgIpc) is 3.29. The minimum absolute atomic E-state index is 1.01. The summed E-state index contributed by atoms with van der Waals surface area (Å²) in [5.74, 6) is 1.06. The molecule has 0 bridgehead atoms. The Morgan fingerprint density at radius 3 is 2.54 bits per heavy atom. The van der Waals surface area contributed by atoms with E-state index in [0.29, 0.717) is 0 Å². The Bertz CT molecular complexity index is 1080. The number of benzene rings is 2. The third-order valence-electron chi connectivity index (χ3n) is 6.27. The molecule has 0 saturated carbocycles. The molecule has 1 N–H and O–H groups in total. The van der Waals surface area contributed by atoms with Crippen molar-refractivity contribution in [2.45, 2.75) is 39.2 Å². The molecule has 0 aliphatic carbocycles. The van der Waals surface area contributed by atoms with Gasteiger partial charge < -0.3 is 9.47 Å². The summed E-state index contributed by atoms with van der Waals surface area (Å²) in [5, 5.41) is 0. The first-order valence-corrected chi connectivity index (χ1v) is 10.7. The summed E-state index contributed by atoms with van der Waals surface area (Å²) in [6.07, 6.45) is 7.49. The zero-order valence-electron chi connectivity index (χ0n) is 16.7. The number of rotatable bonds is 5. The van der Waals surface area contributed by atoms with Crippen LogP contribution in [-0.2, 0) is 13.0 Å². The third kappa shape index (κ3) is 3.12. The summed E-state index contributed by atoms with van der Waals surface area (Å²) in [6.45, 7) is 7.02. The van der Waals surface area contributed by atoms with E-state index >= 15 is 0 Å². The molecule has 1 aliphatic rings. The van der Waals surface area contributed by atoms with E-state index in [1.807, 2.05) is 0 Å². The van der Waals surface area contributed by atoms with Crippen molar-refractivity contribution in [3.63, 3.8) is 0 Å². The first kappa shape index (κ1) is 17.5. The number of likely N-dealkylation sites (tertiary alicyclic amines) is 1. The average molecular weight is 374 g/mol. The van der Waals surface area contributed by atoms with E-state index in [-0.39, 0.29) is 0 Å². The van der Waals surface area contributed by atoms with Gasteiger partial charge in [-0.25, -0.2) is 4.98 Å². The number of fused-ring (bicyclic) bond motifs is 3. The van der Waals surface area contributed by atoms with E-state index in [1.165, 1.54) is 61.2 Å². The number of aryl methyl sites for hydroxylation is 1. The lowest BCUT2D eigenvalue weighted by molar-refractivity contribution is -0.905. The second-order valence-corrected chi connectivity index (χ2v) is 8.05. The van der Waals surface area contributed by atoms with Gasteiger partial charge in [0.2, 0.25) is 5.78 Å². The molecule has 1 fully saturated rings. The van der Waals surface area contributed by atoms with Crippen LogP contribution >= 0.6 is 0 Å². The summed E-state index contributed by atoms with van der Waals surface area (Å²) in [7, 11) is 0. The van der Waals surface area contributed by atoms with Gasteiger partial charge >= 0.3 is 0 Å². The smallest absolute Gasteiger partial charge is 0.215 e. The Labute approximate surface area is 166 Å². The summed E-state index contributed by atoms with van der Waals surface area (Å²) >= 11 is 0. The van der Waals surface area contributed by atoms with E-state index in [0.717, 1.165) is 24.3 Å². The van der Waals surface area contributed by atoms with Crippen molar-refractivity contribution in [3.8, 4) is 11.3 Å². The van der Waals surface area contributed by atoms with Crippen molar-refractivity contribution < 1.29 is 4.90 Å². The number of para-hydroxylation sites is 2.